The number of fused-ring (bicyclic) bond motifs is 1. The Morgan fingerprint density at radius 3 is 2.25 bits per heavy atom. The Labute approximate surface area is 151 Å². The van der Waals surface area contributed by atoms with Gasteiger partial charge in [0.15, 0.2) is 0 Å². The Morgan fingerprint density at radius 2 is 1.71 bits per heavy atom. The molecule has 2 amide bonds. The van der Waals surface area contributed by atoms with Gasteiger partial charge < -0.3 is 9.64 Å². The van der Waals surface area contributed by atoms with Gasteiger partial charge in [0.25, 0.3) is 11.8 Å². The summed E-state index contributed by atoms with van der Waals surface area (Å²) in [4.78, 5) is 28.1. The van der Waals surface area contributed by atoms with E-state index in [0.717, 1.165) is 17.4 Å². The largest absolute Gasteiger partial charge is 0.372 e. The van der Waals surface area contributed by atoms with Gasteiger partial charge in [-0.1, -0.05) is 36.1 Å². The summed E-state index contributed by atoms with van der Waals surface area (Å²) in [5, 5.41) is 0. The molecule has 3 rings (SSSR count). The molecule has 0 N–H and O–H groups in total. The van der Waals surface area contributed by atoms with Crippen molar-refractivity contribution in [2.75, 3.05) is 25.4 Å². The summed E-state index contributed by atoms with van der Waals surface area (Å²) in [6, 6.07) is 6.95. The van der Waals surface area contributed by atoms with Crippen LogP contribution in [-0.4, -0.2) is 63.5 Å². The van der Waals surface area contributed by atoms with Crippen LogP contribution in [0.15, 0.2) is 24.3 Å². The van der Waals surface area contributed by atoms with Crippen LogP contribution in [0.25, 0.3) is 0 Å². The van der Waals surface area contributed by atoms with Crippen LogP contribution in [0.4, 0.5) is 0 Å². The normalized spacial score (nSPS) is 23.6. The molecule has 0 radical (unpaired) electrons. The van der Waals surface area contributed by atoms with Crippen LogP contribution >= 0.6 is 24.0 Å². The highest BCUT2D eigenvalue weighted by atomic mass is 32.2. The monoisotopic (exact) mass is 364 g/mol. The van der Waals surface area contributed by atoms with Crippen molar-refractivity contribution in [1.29, 1.82) is 0 Å². The minimum absolute atomic E-state index is 0.156. The van der Waals surface area contributed by atoms with Gasteiger partial charge in [-0.3, -0.25) is 14.5 Å². The number of thiocarbonyl (C=S) groups is 1. The first-order valence-corrected chi connectivity index (χ1v) is 9.39. The Bertz CT molecular complexity index is 635. The minimum Gasteiger partial charge on any atom is -0.372 e. The molecular weight excluding hydrogens is 344 g/mol. The fourth-order valence-corrected chi connectivity index (χ4v) is 4.26. The molecule has 5 nitrogen and oxygen atoms in total. The number of carbonyl (C=O) groups excluding carboxylic acids is 2. The number of ether oxygens (including phenoxy) is 1. The van der Waals surface area contributed by atoms with Gasteiger partial charge in [0, 0.05) is 25.4 Å². The molecule has 7 heteroatoms. The van der Waals surface area contributed by atoms with E-state index in [-0.39, 0.29) is 24.0 Å². The number of hydrogen-bond acceptors (Lipinski definition) is 5. The highest BCUT2D eigenvalue weighted by Gasteiger charge is 2.34. The number of imide groups is 1. The molecule has 0 spiro atoms. The van der Waals surface area contributed by atoms with Crippen LogP contribution in [0, 0.1) is 0 Å². The average molecular weight is 364 g/mol. The van der Waals surface area contributed by atoms with Crippen LogP contribution < -0.4 is 0 Å². The van der Waals surface area contributed by atoms with Gasteiger partial charge in [-0.2, -0.15) is 0 Å². The van der Waals surface area contributed by atoms with Gasteiger partial charge in [0.2, 0.25) is 0 Å². The third-order valence-electron chi connectivity index (χ3n) is 4.10. The van der Waals surface area contributed by atoms with Crippen LogP contribution in [0.1, 0.15) is 34.6 Å². The molecule has 0 aromatic heterocycles. The summed E-state index contributed by atoms with van der Waals surface area (Å²) in [6.07, 6.45) is 0.312. The predicted octanol–water partition coefficient (Wildman–Crippen LogP) is 2.41. The van der Waals surface area contributed by atoms with Crippen molar-refractivity contribution in [3.8, 4) is 0 Å². The first-order valence-electron chi connectivity index (χ1n) is 7.99. The smallest absolute Gasteiger partial charge is 0.261 e. The van der Waals surface area contributed by atoms with E-state index in [9.17, 15) is 9.59 Å². The Morgan fingerprint density at radius 1 is 1.17 bits per heavy atom. The first-order chi connectivity index (χ1) is 11.5. The van der Waals surface area contributed by atoms with Gasteiger partial charge in [-0.05, 0) is 26.0 Å². The molecule has 2 heterocycles. The van der Waals surface area contributed by atoms with Crippen molar-refractivity contribution >= 4 is 40.1 Å². The molecule has 1 fully saturated rings. The van der Waals surface area contributed by atoms with E-state index in [2.05, 4.69) is 4.90 Å². The van der Waals surface area contributed by atoms with Crippen LogP contribution in [0.5, 0.6) is 0 Å². The molecule has 1 aromatic rings. The molecule has 0 saturated carbocycles. The molecule has 0 aliphatic carbocycles. The molecule has 1 aromatic carbocycles. The maximum absolute atomic E-state index is 12.3. The first kappa shape index (κ1) is 17.4. The lowest BCUT2D eigenvalue weighted by molar-refractivity contribution is -0.0465. The van der Waals surface area contributed by atoms with E-state index in [1.807, 2.05) is 13.8 Å². The number of rotatable bonds is 3. The Balaban J connectivity index is 1.53. The number of hydrogen-bond donors (Lipinski definition) is 0. The minimum atomic E-state index is -0.212. The maximum atomic E-state index is 12.3. The topological polar surface area (TPSA) is 49.9 Å². The summed E-state index contributed by atoms with van der Waals surface area (Å²) in [6.45, 7) is 6.00. The Kier molecular flexibility index (Phi) is 5.22. The van der Waals surface area contributed by atoms with Crippen molar-refractivity contribution in [3.05, 3.63) is 35.4 Å². The quantitative estimate of drug-likeness (QED) is 0.606. The van der Waals surface area contributed by atoms with E-state index in [0.29, 0.717) is 23.4 Å². The van der Waals surface area contributed by atoms with Crippen LogP contribution in [0.3, 0.4) is 0 Å². The molecule has 2 atom stereocenters. The zero-order valence-corrected chi connectivity index (χ0v) is 15.4. The van der Waals surface area contributed by atoms with Gasteiger partial charge in [0.1, 0.15) is 4.32 Å². The van der Waals surface area contributed by atoms with E-state index in [1.165, 1.54) is 16.7 Å². The zero-order chi connectivity index (χ0) is 17.3. The third kappa shape index (κ3) is 3.48. The standard InChI is InChI=1S/C17H20N2O3S2/c1-11-9-18(10-12(2)22-11)17(23)24-8-7-19-15(20)13-5-3-4-6-14(13)16(19)21/h3-6,11-12H,7-10H2,1-2H3/t11-,12-/m0/s1. The van der Waals surface area contributed by atoms with Crippen molar-refractivity contribution in [3.63, 3.8) is 0 Å². The lowest BCUT2D eigenvalue weighted by atomic mass is 10.1. The molecule has 0 unspecified atom stereocenters. The van der Waals surface area contributed by atoms with E-state index in [1.54, 1.807) is 24.3 Å². The van der Waals surface area contributed by atoms with Crippen molar-refractivity contribution in [2.45, 2.75) is 26.1 Å². The summed E-state index contributed by atoms with van der Waals surface area (Å²) in [5.41, 5.74) is 0.983. The summed E-state index contributed by atoms with van der Waals surface area (Å²) in [5.74, 6) is 0.177. The molecule has 2 aliphatic rings. The predicted molar refractivity (Wildman–Crippen MR) is 98.4 cm³/mol. The number of amides is 2. The average Bonchev–Trinajstić information content (AvgIpc) is 2.79. The second-order valence-corrected chi connectivity index (χ2v) is 7.81. The lowest BCUT2D eigenvalue weighted by Gasteiger charge is -2.36. The summed E-state index contributed by atoms with van der Waals surface area (Å²) >= 11 is 7.01. The second kappa shape index (κ2) is 7.21. The maximum Gasteiger partial charge on any atom is 0.261 e. The number of thioether (sulfide) groups is 1. The molecule has 24 heavy (non-hydrogen) atoms. The molecule has 1 saturated heterocycles. The molecule has 2 aliphatic heterocycles. The summed E-state index contributed by atoms with van der Waals surface area (Å²) in [7, 11) is 0. The molecule has 128 valence electrons. The van der Waals surface area contributed by atoms with E-state index < -0.39 is 0 Å². The van der Waals surface area contributed by atoms with Gasteiger partial charge >= 0.3 is 0 Å². The highest BCUT2D eigenvalue weighted by molar-refractivity contribution is 8.22. The third-order valence-corrected chi connectivity index (χ3v) is 5.60. The van der Waals surface area contributed by atoms with Crippen LogP contribution in [-0.2, 0) is 4.74 Å². The van der Waals surface area contributed by atoms with Gasteiger partial charge in [0.05, 0.1) is 23.3 Å². The number of carbonyl (C=O) groups is 2. The van der Waals surface area contributed by atoms with Gasteiger partial charge in [-0.25, -0.2) is 0 Å². The zero-order valence-electron chi connectivity index (χ0n) is 13.7. The second-order valence-electron chi connectivity index (χ2n) is 6.08. The molecular formula is C17H20N2O3S2. The van der Waals surface area contributed by atoms with Gasteiger partial charge in [-0.15, -0.1) is 0 Å². The highest BCUT2D eigenvalue weighted by Crippen LogP contribution is 2.23. The number of morpholine rings is 1. The number of benzene rings is 1. The van der Waals surface area contributed by atoms with Crippen LogP contribution in [0.2, 0.25) is 0 Å². The molecule has 0 bridgehead atoms. The fraction of sp³-hybridized carbons (Fsp3) is 0.471. The van der Waals surface area contributed by atoms with Crippen molar-refractivity contribution in [2.24, 2.45) is 0 Å². The van der Waals surface area contributed by atoms with Crippen molar-refractivity contribution < 1.29 is 14.3 Å². The lowest BCUT2D eigenvalue weighted by Crippen LogP contribution is -2.47. The summed E-state index contributed by atoms with van der Waals surface area (Å²) < 4.78 is 6.51. The Hall–Kier alpha value is -1.44. The SMILES string of the molecule is C[C@H]1CN(C(=S)SCCN2C(=O)c3ccccc3C2=O)C[C@H](C)O1. The van der Waals surface area contributed by atoms with E-state index in [4.69, 9.17) is 17.0 Å². The van der Waals surface area contributed by atoms with E-state index >= 15 is 0 Å². The van der Waals surface area contributed by atoms with Crippen molar-refractivity contribution in [1.82, 2.24) is 9.80 Å². The fourth-order valence-electron chi connectivity index (χ4n) is 3.08. The number of nitrogens with zero attached hydrogens (tertiary/aromatic N) is 2.